The first-order chi connectivity index (χ1) is 9.08. The lowest BCUT2D eigenvalue weighted by atomic mass is 9.77. The molecule has 1 unspecified atom stereocenters. The largest absolute Gasteiger partial charge is 0.481 e. The summed E-state index contributed by atoms with van der Waals surface area (Å²) in [6.45, 7) is -0.107. The van der Waals surface area contributed by atoms with Gasteiger partial charge in [-0.3, -0.25) is 9.78 Å². The number of nitrogens with zero attached hydrogens (tertiary/aromatic N) is 1. The monoisotopic (exact) mass is 280 g/mol. The maximum Gasteiger partial charge on any atom is 0.315 e. The Morgan fingerprint density at radius 3 is 2.84 bits per heavy atom. The molecule has 0 amide bonds. The average Bonchev–Trinajstić information content (AvgIpc) is 2.88. The van der Waals surface area contributed by atoms with Gasteiger partial charge >= 0.3 is 5.97 Å². The van der Waals surface area contributed by atoms with Gasteiger partial charge in [-0.2, -0.15) is 0 Å². The molecule has 3 N–H and O–H groups in total. The molecule has 0 aliphatic rings. The molecule has 2 aromatic rings. The number of hydrogen-bond acceptors (Lipinski definition) is 4. The summed E-state index contributed by atoms with van der Waals surface area (Å²) in [6.07, 6.45) is 1.81. The van der Waals surface area contributed by atoms with Crippen LogP contribution in [0.25, 0.3) is 0 Å². The number of aromatic nitrogens is 1. The van der Waals surface area contributed by atoms with Crippen LogP contribution in [0.15, 0.2) is 36.0 Å². The van der Waals surface area contributed by atoms with E-state index in [-0.39, 0.29) is 13.0 Å². The molecule has 0 radical (unpaired) electrons. The van der Waals surface area contributed by atoms with Crippen molar-refractivity contribution in [3.63, 3.8) is 0 Å². The van der Waals surface area contributed by atoms with Crippen LogP contribution in [-0.4, -0.2) is 22.6 Å². The van der Waals surface area contributed by atoms with Crippen molar-refractivity contribution in [2.45, 2.75) is 11.8 Å². The molecule has 0 saturated heterocycles. The van der Waals surface area contributed by atoms with Crippen LogP contribution in [0.4, 0.5) is 4.39 Å². The first kappa shape index (κ1) is 13.6. The summed E-state index contributed by atoms with van der Waals surface area (Å²) in [5, 5.41) is 9.55. The fourth-order valence-electron chi connectivity index (χ4n) is 1.99. The van der Waals surface area contributed by atoms with E-state index in [2.05, 4.69) is 4.98 Å². The number of hydrogen-bond donors (Lipinski definition) is 2. The normalized spacial score (nSPS) is 14.0. The molecular formula is C13H13FN2O2S. The Bertz CT molecular complexity index is 574. The summed E-state index contributed by atoms with van der Waals surface area (Å²) < 4.78 is 13.3. The average molecular weight is 280 g/mol. The van der Waals surface area contributed by atoms with Crippen LogP contribution < -0.4 is 5.73 Å². The number of thiazole rings is 1. The second kappa shape index (κ2) is 5.46. The molecule has 0 bridgehead atoms. The van der Waals surface area contributed by atoms with E-state index in [1.165, 1.54) is 29.5 Å². The van der Waals surface area contributed by atoms with Gasteiger partial charge in [0, 0.05) is 24.0 Å². The Balaban J connectivity index is 2.47. The summed E-state index contributed by atoms with van der Waals surface area (Å²) in [7, 11) is 0. The summed E-state index contributed by atoms with van der Waals surface area (Å²) in [6, 6.07) is 5.58. The van der Waals surface area contributed by atoms with Crippen LogP contribution in [0.1, 0.15) is 10.4 Å². The molecule has 0 spiro atoms. The van der Waals surface area contributed by atoms with E-state index in [9.17, 15) is 14.3 Å². The second-order valence-corrected chi connectivity index (χ2v) is 5.22. The highest BCUT2D eigenvalue weighted by molar-refractivity contribution is 7.09. The Kier molecular flexibility index (Phi) is 3.92. The van der Waals surface area contributed by atoms with Crippen LogP contribution in [0.5, 0.6) is 0 Å². The van der Waals surface area contributed by atoms with Gasteiger partial charge in [0.2, 0.25) is 0 Å². The molecule has 1 atom stereocenters. The van der Waals surface area contributed by atoms with Gasteiger partial charge in [-0.15, -0.1) is 11.3 Å². The van der Waals surface area contributed by atoms with Crippen molar-refractivity contribution in [2.75, 3.05) is 6.54 Å². The third-order valence-electron chi connectivity index (χ3n) is 3.09. The Hall–Kier alpha value is -1.79. The fourth-order valence-corrected chi connectivity index (χ4v) is 2.70. The summed E-state index contributed by atoms with van der Waals surface area (Å²) in [5.74, 6) is -1.53. The highest BCUT2D eigenvalue weighted by atomic mass is 32.1. The predicted molar refractivity (Wildman–Crippen MR) is 70.6 cm³/mol. The number of halogens is 1. The topological polar surface area (TPSA) is 76.2 Å². The lowest BCUT2D eigenvalue weighted by Gasteiger charge is -2.28. The lowest BCUT2D eigenvalue weighted by molar-refractivity contribution is -0.143. The number of carboxylic acids is 1. The zero-order valence-corrected chi connectivity index (χ0v) is 10.9. The Morgan fingerprint density at radius 2 is 2.32 bits per heavy atom. The Labute approximate surface area is 113 Å². The van der Waals surface area contributed by atoms with Crippen molar-refractivity contribution in [3.05, 3.63) is 52.2 Å². The smallest absolute Gasteiger partial charge is 0.315 e. The number of nitrogens with two attached hydrogens (primary N) is 1. The molecule has 2 rings (SSSR count). The highest BCUT2D eigenvalue weighted by Crippen LogP contribution is 2.30. The fraction of sp³-hybridized carbons (Fsp3) is 0.231. The maximum absolute atomic E-state index is 13.3. The van der Waals surface area contributed by atoms with Crippen molar-refractivity contribution in [2.24, 2.45) is 5.73 Å². The third-order valence-corrected chi connectivity index (χ3v) is 3.87. The number of aliphatic carboxylic acids is 1. The summed E-state index contributed by atoms with van der Waals surface area (Å²) >= 11 is 1.36. The molecule has 1 aromatic heterocycles. The zero-order chi connectivity index (χ0) is 13.9. The van der Waals surface area contributed by atoms with Crippen LogP contribution in [-0.2, 0) is 16.6 Å². The molecule has 19 heavy (non-hydrogen) atoms. The van der Waals surface area contributed by atoms with E-state index >= 15 is 0 Å². The number of carbonyl (C=O) groups is 1. The van der Waals surface area contributed by atoms with Gasteiger partial charge in [0.25, 0.3) is 0 Å². The second-order valence-electron chi connectivity index (χ2n) is 4.25. The molecule has 0 aliphatic heterocycles. The van der Waals surface area contributed by atoms with Gasteiger partial charge in [-0.05, 0) is 17.7 Å². The first-order valence-electron chi connectivity index (χ1n) is 5.65. The third kappa shape index (κ3) is 2.64. The van der Waals surface area contributed by atoms with Gasteiger partial charge in [0.15, 0.2) is 0 Å². The van der Waals surface area contributed by atoms with Gasteiger partial charge in [0.1, 0.15) is 11.2 Å². The molecule has 6 heteroatoms. The van der Waals surface area contributed by atoms with Crippen molar-refractivity contribution in [1.82, 2.24) is 4.98 Å². The molecule has 1 aromatic carbocycles. The molecule has 1 heterocycles. The molecule has 100 valence electrons. The van der Waals surface area contributed by atoms with Crippen LogP contribution in [0.2, 0.25) is 0 Å². The standard InChI is InChI=1S/C13H13FN2O2S/c14-10-3-1-2-9(4-10)13(7-15,12(17)18)5-11-6-16-8-19-11/h1-4,6,8H,5,7,15H2,(H,17,18). The van der Waals surface area contributed by atoms with E-state index in [1.54, 1.807) is 17.8 Å². The Morgan fingerprint density at radius 1 is 1.53 bits per heavy atom. The van der Waals surface area contributed by atoms with Gasteiger partial charge < -0.3 is 10.8 Å². The van der Waals surface area contributed by atoms with Crippen LogP contribution in [0.3, 0.4) is 0 Å². The molecule has 0 aliphatic carbocycles. The minimum Gasteiger partial charge on any atom is -0.481 e. The minimum atomic E-state index is -1.32. The SMILES string of the molecule is NCC(Cc1cncs1)(C(=O)O)c1cccc(F)c1. The van der Waals surface area contributed by atoms with Gasteiger partial charge in [-0.1, -0.05) is 12.1 Å². The van der Waals surface area contributed by atoms with E-state index < -0.39 is 17.2 Å². The van der Waals surface area contributed by atoms with E-state index in [0.717, 1.165) is 4.88 Å². The maximum atomic E-state index is 13.3. The molecule has 4 nitrogen and oxygen atoms in total. The number of benzene rings is 1. The van der Waals surface area contributed by atoms with E-state index in [4.69, 9.17) is 5.73 Å². The molecule has 0 fully saturated rings. The summed E-state index contributed by atoms with van der Waals surface area (Å²) in [4.78, 5) is 16.4. The van der Waals surface area contributed by atoms with Crippen LogP contribution in [0, 0.1) is 5.82 Å². The van der Waals surface area contributed by atoms with E-state index in [1.807, 2.05) is 0 Å². The van der Waals surface area contributed by atoms with Crippen LogP contribution >= 0.6 is 11.3 Å². The van der Waals surface area contributed by atoms with Crippen molar-refractivity contribution < 1.29 is 14.3 Å². The predicted octanol–water partition coefficient (Wildman–Crippen LogP) is 1.81. The minimum absolute atomic E-state index is 0.107. The molecular weight excluding hydrogens is 267 g/mol. The lowest BCUT2D eigenvalue weighted by Crippen LogP contribution is -2.44. The highest BCUT2D eigenvalue weighted by Gasteiger charge is 2.40. The van der Waals surface area contributed by atoms with Crippen molar-refractivity contribution >= 4 is 17.3 Å². The van der Waals surface area contributed by atoms with Gasteiger partial charge in [0.05, 0.1) is 5.51 Å². The summed E-state index contributed by atoms with van der Waals surface area (Å²) in [5.41, 5.74) is 6.36. The zero-order valence-electron chi connectivity index (χ0n) is 10.0. The van der Waals surface area contributed by atoms with E-state index in [0.29, 0.717) is 5.56 Å². The first-order valence-corrected chi connectivity index (χ1v) is 6.53. The quantitative estimate of drug-likeness (QED) is 0.875. The molecule has 0 saturated carbocycles. The van der Waals surface area contributed by atoms with Crippen molar-refractivity contribution in [1.29, 1.82) is 0 Å². The van der Waals surface area contributed by atoms with Gasteiger partial charge in [-0.25, -0.2) is 4.39 Å². The number of rotatable bonds is 5. The van der Waals surface area contributed by atoms with Crippen molar-refractivity contribution in [3.8, 4) is 0 Å². The number of carboxylic acid groups (broad SMARTS) is 1.